The van der Waals surface area contributed by atoms with Crippen LogP contribution in [0, 0.1) is 0 Å². The minimum atomic E-state index is -0.702. The van der Waals surface area contributed by atoms with Crippen molar-refractivity contribution in [3.63, 3.8) is 0 Å². The summed E-state index contributed by atoms with van der Waals surface area (Å²) in [6, 6.07) is 12.9. The molecule has 192 valence electrons. The highest BCUT2D eigenvalue weighted by molar-refractivity contribution is 6.08. The van der Waals surface area contributed by atoms with E-state index in [0.717, 1.165) is 38.2 Å². The summed E-state index contributed by atoms with van der Waals surface area (Å²) in [6.07, 6.45) is 8.50. The van der Waals surface area contributed by atoms with Crippen molar-refractivity contribution in [1.82, 2.24) is 0 Å². The Kier molecular flexibility index (Phi) is 10.5. The number of fused-ring (bicyclic) bond motifs is 1. The van der Waals surface area contributed by atoms with Crippen LogP contribution in [0.15, 0.2) is 57.7 Å². The number of amides is 1. The van der Waals surface area contributed by atoms with E-state index < -0.39 is 5.97 Å². The van der Waals surface area contributed by atoms with Crippen molar-refractivity contribution in [2.24, 2.45) is 0 Å². The number of hydrogen-bond donors (Lipinski definition) is 1. The fraction of sp³-hybridized carbons (Fsp3) is 0.414. The molecule has 3 rings (SSSR count). The molecule has 0 aliphatic heterocycles. The van der Waals surface area contributed by atoms with Gasteiger partial charge >= 0.3 is 5.97 Å². The van der Waals surface area contributed by atoms with E-state index in [9.17, 15) is 14.4 Å². The molecular formula is C29H35NO6. The molecule has 0 aliphatic rings. The quantitative estimate of drug-likeness (QED) is 0.197. The van der Waals surface area contributed by atoms with Crippen LogP contribution in [0.2, 0.25) is 0 Å². The molecule has 1 N–H and O–H groups in total. The van der Waals surface area contributed by atoms with E-state index in [0.29, 0.717) is 23.6 Å². The summed E-state index contributed by atoms with van der Waals surface area (Å²) >= 11 is 0. The summed E-state index contributed by atoms with van der Waals surface area (Å²) in [5.74, 6) is -0.557. The van der Waals surface area contributed by atoms with Crippen molar-refractivity contribution in [3.05, 3.63) is 70.1 Å². The molecule has 0 radical (unpaired) electrons. The zero-order valence-electron chi connectivity index (χ0n) is 21.1. The number of hydrogen-bond acceptors (Lipinski definition) is 6. The van der Waals surface area contributed by atoms with Gasteiger partial charge in [-0.25, -0.2) is 4.79 Å². The van der Waals surface area contributed by atoms with Gasteiger partial charge in [0, 0.05) is 11.6 Å². The number of benzene rings is 2. The summed E-state index contributed by atoms with van der Waals surface area (Å²) in [6.45, 7) is 5.14. The molecule has 0 atom stereocenters. The topological polar surface area (TPSA) is 94.8 Å². The highest BCUT2D eigenvalue weighted by Crippen LogP contribution is 2.24. The molecule has 0 spiro atoms. The summed E-state index contributed by atoms with van der Waals surface area (Å²) in [4.78, 5) is 37.8. The van der Waals surface area contributed by atoms with E-state index >= 15 is 0 Å². The molecule has 0 saturated carbocycles. The number of carbonyl (C=O) groups is 2. The summed E-state index contributed by atoms with van der Waals surface area (Å²) < 4.78 is 16.7. The van der Waals surface area contributed by atoms with E-state index in [2.05, 4.69) is 19.2 Å². The predicted octanol–water partition coefficient (Wildman–Crippen LogP) is 6.74. The summed E-state index contributed by atoms with van der Waals surface area (Å²) in [7, 11) is 0. The molecule has 0 unspecified atom stereocenters. The van der Waals surface area contributed by atoms with Gasteiger partial charge in [0.2, 0.25) is 5.76 Å². The van der Waals surface area contributed by atoms with Crippen molar-refractivity contribution in [3.8, 4) is 5.75 Å². The van der Waals surface area contributed by atoms with E-state index in [4.69, 9.17) is 13.9 Å². The Hall–Kier alpha value is -3.61. The number of para-hydroxylation sites is 1. The Labute approximate surface area is 211 Å². The third-order valence-electron chi connectivity index (χ3n) is 5.82. The first kappa shape index (κ1) is 27.0. The molecule has 7 heteroatoms. The van der Waals surface area contributed by atoms with Gasteiger partial charge in [-0.1, -0.05) is 58.4 Å². The lowest BCUT2D eigenvalue weighted by Gasteiger charge is -2.10. The minimum absolute atomic E-state index is 0.127. The van der Waals surface area contributed by atoms with Crippen LogP contribution in [-0.4, -0.2) is 25.1 Å². The van der Waals surface area contributed by atoms with Gasteiger partial charge in [0.15, 0.2) is 11.0 Å². The predicted molar refractivity (Wildman–Crippen MR) is 141 cm³/mol. The van der Waals surface area contributed by atoms with E-state index in [1.807, 2.05) is 0 Å². The van der Waals surface area contributed by atoms with Crippen molar-refractivity contribution < 1.29 is 23.5 Å². The zero-order chi connectivity index (χ0) is 25.8. The number of nitrogens with one attached hydrogen (secondary N) is 1. The van der Waals surface area contributed by atoms with E-state index in [-0.39, 0.29) is 34.7 Å². The minimum Gasteiger partial charge on any atom is -0.494 e. The number of ether oxygens (including phenoxy) is 2. The molecular weight excluding hydrogens is 458 g/mol. The van der Waals surface area contributed by atoms with Crippen molar-refractivity contribution in [2.45, 2.75) is 65.2 Å². The van der Waals surface area contributed by atoms with Gasteiger partial charge in [-0.3, -0.25) is 9.59 Å². The van der Waals surface area contributed by atoms with Crippen LogP contribution in [0.3, 0.4) is 0 Å². The molecule has 7 nitrogen and oxygen atoms in total. The van der Waals surface area contributed by atoms with Crippen LogP contribution in [0.25, 0.3) is 11.0 Å². The van der Waals surface area contributed by atoms with Gasteiger partial charge in [0.1, 0.15) is 5.75 Å². The second-order valence-electron chi connectivity index (χ2n) is 8.74. The molecule has 1 aromatic heterocycles. The van der Waals surface area contributed by atoms with Gasteiger partial charge < -0.3 is 19.2 Å². The molecule has 0 aliphatic carbocycles. The molecule has 36 heavy (non-hydrogen) atoms. The highest BCUT2D eigenvalue weighted by atomic mass is 16.5. The maximum Gasteiger partial charge on any atom is 0.374 e. The Balaban J connectivity index is 1.67. The molecule has 3 aromatic rings. The van der Waals surface area contributed by atoms with Crippen molar-refractivity contribution in [2.75, 3.05) is 18.5 Å². The number of esters is 1. The van der Waals surface area contributed by atoms with E-state index in [1.165, 1.54) is 19.3 Å². The lowest BCUT2D eigenvalue weighted by molar-refractivity contribution is 0.0462. The first-order valence-corrected chi connectivity index (χ1v) is 12.8. The van der Waals surface area contributed by atoms with Crippen LogP contribution in [0.4, 0.5) is 5.69 Å². The van der Waals surface area contributed by atoms with Crippen LogP contribution in [-0.2, 0) is 4.74 Å². The maximum absolute atomic E-state index is 12.9. The maximum atomic E-state index is 12.9. The zero-order valence-corrected chi connectivity index (χ0v) is 21.1. The largest absolute Gasteiger partial charge is 0.494 e. The molecule has 2 aromatic carbocycles. The van der Waals surface area contributed by atoms with Crippen molar-refractivity contribution >= 4 is 28.5 Å². The lowest BCUT2D eigenvalue weighted by Crippen LogP contribution is -2.14. The monoisotopic (exact) mass is 493 g/mol. The fourth-order valence-electron chi connectivity index (χ4n) is 3.76. The summed E-state index contributed by atoms with van der Waals surface area (Å²) in [5.41, 5.74) is 0.463. The van der Waals surface area contributed by atoms with Crippen LogP contribution in [0.1, 0.15) is 86.1 Å². The number of rotatable bonds is 14. The molecule has 0 bridgehead atoms. The molecule has 1 heterocycles. The smallest absolute Gasteiger partial charge is 0.374 e. The highest BCUT2D eigenvalue weighted by Gasteiger charge is 2.17. The van der Waals surface area contributed by atoms with E-state index in [1.54, 1.807) is 42.5 Å². The SMILES string of the molecule is CCCCCCCOc1ccc(C(=O)Nc2cccc3c(=O)cc(C(=O)OCCCCC)oc23)cc1. The first-order chi connectivity index (χ1) is 17.5. The average Bonchev–Trinajstić information content (AvgIpc) is 2.89. The summed E-state index contributed by atoms with van der Waals surface area (Å²) in [5, 5.41) is 3.04. The number of carbonyl (C=O) groups excluding carboxylic acids is 2. The van der Waals surface area contributed by atoms with Crippen LogP contribution in [0.5, 0.6) is 5.75 Å². The fourth-order valence-corrected chi connectivity index (χ4v) is 3.76. The van der Waals surface area contributed by atoms with Gasteiger partial charge in [0.25, 0.3) is 5.91 Å². The van der Waals surface area contributed by atoms with Crippen molar-refractivity contribution in [1.29, 1.82) is 0 Å². The Morgan fingerprint density at radius 3 is 2.31 bits per heavy atom. The lowest BCUT2D eigenvalue weighted by atomic mass is 10.1. The molecule has 0 saturated heterocycles. The van der Waals surface area contributed by atoms with Gasteiger partial charge in [-0.15, -0.1) is 0 Å². The second kappa shape index (κ2) is 14.1. The van der Waals surface area contributed by atoms with Crippen LogP contribution >= 0.6 is 0 Å². The Bertz CT molecular complexity index is 1200. The van der Waals surface area contributed by atoms with Crippen LogP contribution < -0.4 is 15.5 Å². The normalized spacial score (nSPS) is 10.8. The standard InChI is InChI=1S/C29H35NO6/c1-3-5-7-8-10-18-34-22-16-14-21(15-17-22)28(32)30-24-13-11-12-23-25(31)20-26(36-27(23)24)29(33)35-19-9-6-4-2/h11-17,20H,3-10,18-19H2,1-2H3,(H,30,32). The Morgan fingerprint density at radius 1 is 0.861 bits per heavy atom. The third-order valence-corrected chi connectivity index (χ3v) is 5.82. The molecule has 1 amide bonds. The second-order valence-corrected chi connectivity index (χ2v) is 8.74. The first-order valence-electron chi connectivity index (χ1n) is 12.8. The number of unbranched alkanes of at least 4 members (excludes halogenated alkanes) is 6. The average molecular weight is 494 g/mol. The van der Waals surface area contributed by atoms with Gasteiger partial charge in [-0.05, 0) is 49.2 Å². The van der Waals surface area contributed by atoms with Gasteiger partial charge in [0.05, 0.1) is 24.3 Å². The number of anilines is 1. The molecule has 0 fully saturated rings. The third kappa shape index (κ3) is 7.70. The Morgan fingerprint density at radius 2 is 1.56 bits per heavy atom. The van der Waals surface area contributed by atoms with Gasteiger partial charge in [-0.2, -0.15) is 0 Å².